The summed E-state index contributed by atoms with van der Waals surface area (Å²) in [6.07, 6.45) is -4.87. The molecule has 1 aromatic carbocycles. The van der Waals surface area contributed by atoms with E-state index in [1.807, 2.05) is 0 Å². The van der Waals surface area contributed by atoms with Crippen LogP contribution in [0.25, 0.3) is 0 Å². The maximum Gasteiger partial charge on any atom is 0.437 e. The van der Waals surface area contributed by atoms with Crippen molar-refractivity contribution in [2.75, 3.05) is 7.11 Å². The average molecular weight is 301 g/mol. The summed E-state index contributed by atoms with van der Waals surface area (Å²) in [6, 6.07) is 6.41. The van der Waals surface area contributed by atoms with Gasteiger partial charge >= 0.3 is 12.1 Å². The van der Waals surface area contributed by atoms with Gasteiger partial charge in [-0.25, -0.2) is 9.48 Å². The maximum absolute atomic E-state index is 12.7. The van der Waals surface area contributed by atoms with Crippen LogP contribution in [0.3, 0.4) is 0 Å². The topological polar surface area (TPSA) is 77.2 Å². The van der Waals surface area contributed by atoms with Gasteiger partial charge < -0.3 is 9.84 Å². The highest BCUT2D eigenvalue weighted by Crippen LogP contribution is 2.30. The Labute approximate surface area is 116 Å². The molecule has 0 unspecified atom stereocenters. The van der Waals surface area contributed by atoms with Gasteiger partial charge in [-0.1, -0.05) is 17.3 Å². The summed E-state index contributed by atoms with van der Waals surface area (Å²) in [4.78, 5) is 11.0. The smallest absolute Gasteiger partial charge is 0.437 e. The highest BCUT2D eigenvalue weighted by atomic mass is 19.4. The van der Waals surface area contributed by atoms with Gasteiger partial charge in [0.1, 0.15) is 5.75 Å². The van der Waals surface area contributed by atoms with Crippen LogP contribution in [0, 0.1) is 0 Å². The summed E-state index contributed by atoms with van der Waals surface area (Å²) in [5.74, 6) is -1.16. The number of carboxylic acid groups (broad SMARTS) is 1. The highest BCUT2D eigenvalue weighted by molar-refractivity contribution is 5.87. The van der Waals surface area contributed by atoms with E-state index in [1.165, 1.54) is 7.11 Å². The lowest BCUT2D eigenvalue weighted by Gasteiger charge is -2.07. The summed E-state index contributed by atoms with van der Waals surface area (Å²) in [5, 5.41) is 15.1. The van der Waals surface area contributed by atoms with Crippen molar-refractivity contribution >= 4 is 5.97 Å². The van der Waals surface area contributed by atoms with Gasteiger partial charge in [0.05, 0.1) is 13.7 Å². The lowest BCUT2D eigenvalue weighted by Crippen LogP contribution is -2.17. The van der Waals surface area contributed by atoms with Crippen molar-refractivity contribution in [2.24, 2.45) is 0 Å². The van der Waals surface area contributed by atoms with Gasteiger partial charge in [-0.2, -0.15) is 13.2 Å². The van der Waals surface area contributed by atoms with E-state index in [-0.39, 0.29) is 6.54 Å². The number of halogens is 3. The molecule has 9 heteroatoms. The minimum atomic E-state index is -4.87. The molecule has 1 heterocycles. The Hall–Kier alpha value is -2.58. The molecule has 112 valence electrons. The first kappa shape index (κ1) is 14.8. The monoisotopic (exact) mass is 301 g/mol. The predicted octanol–water partition coefficient (Wildman–Crippen LogP) is 2.05. The van der Waals surface area contributed by atoms with E-state index in [0.717, 1.165) is 0 Å². The van der Waals surface area contributed by atoms with Crippen LogP contribution >= 0.6 is 0 Å². The van der Waals surface area contributed by atoms with Crippen LogP contribution in [-0.4, -0.2) is 33.2 Å². The number of carbonyl (C=O) groups is 1. The molecule has 0 bridgehead atoms. The average Bonchev–Trinajstić information content (AvgIpc) is 2.83. The molecule has 0 aliphatic carbocycles. The first-order valence-electron chi connectivity index (χ1n) is 5.70. The van der Waals surface area contributed by atoms with E-state index in [9.17, 15) is 18.0 Å². The van der Waals surface area contributed by atoms with Crippen LogP contribution in [-0.2, 0) is 12.7 Å². The Bertz CT molecular complexity index is 650. The summed E-state index contributed by atoms with van der Waals surface area (Å²) in [5.41, 5.74) is -1.93. The molecule has 0 spiro atoms. The SMILES string of the molecule is COc1ccc(Cn2nnc(C(F)(F)F)c2C(=O)O)cc1. The zero-order valence-electron chi connectivity index (χ0n) is 10.8. The molecule has 0 amide bonds. The number of methoxy groups -OCH3 is 1. The number of aromatic carboxylic acids is 1. The lowest BCUT2D eigenvalue weighted by atomic mass is 10.2. The molecule has 6 nitrogen and oxygen atoms in total. The molecular formula is C12H10F3N3O3. The van der Waals surface area contributed by atoms with E-state index in [0.29, 0.717) is 16.0 Å². The molecule has 0 saturated carbocycles. The zero-order chi connectivity index (χ0) is 15.6. The minimum absolute atomic E-state index is 0.144. The molecule has 0 fully saturated rings. The Morgan fingerprint density at radius 2 is 1.95 bits per heavy atom. The molecular weight excluding hydrogens is 291 g/mol. The second-order valence-electron chi connectivity index (χ2n) is 4.10. The quantitative estimate of drug-likeness (QED) is 0.935. The van der Waals surface area contributed by atoms with Gasteiger partial charge in [-0.05, 0) is 17.7 Å². The number of hydrogen-bond donors (Lipinski definition) is 1. The Morgan fingerprint density at radius 3 is 2.43 bits per heavy atom. The van der Waals surface area contributed by atoms with Crippen LogP contribution in [0.15, 0.2) is 24.3 Å². The Balaban J connectivity index is 2.35. The van der Waals surface area contributed by atoms with Gasteiger partial charge in [-0.3, -0.25) is 0 Å². The third kappa shape index (κ3) is 3.12. The zero-order valence-corrected chi connectivity index (χ0v) is 10.8. The van der Waals surface area contributed by atoms with Crippen LogP contribution in [0.4, 0.5) is 13.2 Å². The van der Waals surface area contributed by atoms with Crippen LogP contribution in [0.5, 0.6) is 5.75 Å². The predicted molar refractivity (Wildman–Crippen MR) is 64.1 cm³/mol. The fraction of sp³-hybridized carbons (Fsp3) is 0.250. The van der Waals surface area contributed by atoms with Crippen LogP contribution in [0.1, 0.15) is 21.7 Å². The van der Waals surface area contributed by atoms with Crippen LogP contribution < -0.4 is 4.74 Å². The molecule has 0 radical (unpaired) electrons. The number of benzene rings is 1. The summed E-state index contributed by atoms with van der Waals surface area (Å²) in [6.45, 7) is -0.144. The van der Waals surface area contributed by atoms with Crippen molar-refractivity contribution in [3.63, 3.8) is 0 Å². The summed E-state index contributed by atoms with van der Waals surface area (Å²) < 4.78 is 43.6. The van der Waals surface area contributed by atoms with E-state index in [1.54, 1.807) is 24.3 Å². The number of hydrogen-bond acceptors (Lipinski definition) is 4. The van der Waals surface area contributed by atoms with Gasteiger partial charge in [0, 0.05) is 0 Å². The molecule has 0 saturated heterocycles. The molecule has 1 N–H and O–H groups in total. The number of ether oxygens (including phenoxy) is 1. The van der Waals surface area contributed by atoms with Crippen molar-refractivity contribution < 1.29 is 27.8 Å². The molecule has 1 aromatic heterocycles. The first-order chi connectivity index (χ1) is 9.82. The van der Waals surface area contributed by atoms with Crippen molar-refractivity contribution in [3.8, 4) is 5.75 Å². The second kappa shape index (κ2) is 5.43. The Kier molecular flexibility index (Phi) is 3.83. The second-order valence-corrected chi connectivity index (χ2v) is 4.10. The number of rotatable bonds is 4. The third-order valence-corrected chi connectivity index (χ3v) is 2.70. The van der Waals surface area contributed by atoms with Gasteiger partial charge in [0.2, 0.25) is 5.69 Å². The van der Waals surface area contributed by atoms with Crippen molar-refractivity contribution in [1.29, 1.82) is 0 Å². The van der Waals surface area contributed by atoms with Gasteiger partial charge in [-0.15, -0.1) is 5.10 Å². The normalized spacial score (nSPS) is 11.4. The fourth-order valence-electron chi connectivity index (χ4n) is 1.73. The molecule has 0 atom stereocenters. The summed E-state index contributed by atoms with van der Waals surface area (Å²) >= 11 is 0. The lowest BCUT2D eigenvalue weighted by molar-refractivity contribution is -0.141. The van der Waals surface area contributed by atoms with E-state index < -0.39 is 23.5 Å². The third-order valence-electron chi connectivity index (χ3n) is 2.70. The molecule has 21 heavy (non-hydrogen) atoms. The van der Waals surface area contributed by atoms with Crippen molar-refractivity contribution in [2.45, 2.75) is 12.7 Å². The van der Waals surface area contributed by atoms with E-state index >= 15 is 0 Å². The maximum atomic E-state index is 12.7. The first-order valence-corrected chi connectivity index (χ1v) is 5.70. The molecule has 0 aliphatic heterocycles. The van der Waals surface area contributed by atoms with Crippen LogP contribution in [0.2, 0.25) is 0 Å². The van der Waals surface area contributed by atoms with E-state index in [2.05, 4.69) is 10.3 Å². The number of alkyl halides is 3. The number of carboxylic acids is 1. The Morgan fingerprint density at radius 1 is 1.33 bits per heavy atom. The standard InChI is InChI=1S/C12H10F3N3O3/c1-21-8-4-2-7(3-5-8)6-18-9(11(19)20)10(16-17-18)12(13,14)15/h2-5H,6H2,1H3,(H,19,20). The largest absolute Gasteiger partial charge is 0.497 e. The number of nitrogens with zero attached hydrogens (tertiary/aromatic N) is 3. The summed E-state index contributed by atoms with van der Waals surface area (Å²) in [7, 11) is 1.48. The van der Waals surface area contributed by atoms with Crippen molar-refractivity contribution in [3.05, 3.63) is 41.2 Å². The fourth-order valence-corrected chi connectivity index (χ4v) is 1.73. The molecule has 2 aromatic rings. The molecule has 2 rings (SSSR count). The molecule has 0 aliphatic rings. The van der Waals surface area contributed by atoms with Gasteiger partial charge in [0.25, 0.3) is 0 Å². The minimum Gasteiger partial charge on any atom is -0.497 e. The van der Waals surface area contributed by atoms with Gasteiger partial charge in [0.15, 0.2) is 5.69 Å². The number of aromatic nitrogens is 3. The van der Waals surface area contributed by atoms with E-state index in [4.69, 9.17) is 9.84 Å². The highest BCUT2D eigenvalue weighted by Gasteiger charge is 2.41. The van der Waals surface area contributed by atoms with Crippen molar-refractivity contribution in [1.82, 2.24) is 15.0 Å².